The summed E-state index contributed by atoms with van der Waals surface area (Å²) in [4.78, 5) is 22.0. The van der Waals surface area contributed by atoms with Crippen LogP contribution in [0.1, 0.15) is 13.3 Å². The molecule has 0 spiro atoms. The maximum absolute atomic E-state index is 11.3. The molecule has 5 heteroatoms. The normalized spacial score (nSPS) is 9.80. The van der Waals surface area contributed by atoms with E-state index in [1.54, 1.807) is 12.1 Å². The monoisotopic (exact) mass is 333 g/mol. The zero-order valence-electron chi connectivity index (χ0n) is 8.01. The van der Waals surface area contributed by atoms with Gasteiger partial charge in [0.25, 0.3) is 0 Å². The average Bonchev–Trinajstić information content (AvgIpc) is 2.11. The summed E-state index contributed by atoms with van der Waals surface area (Å²) in [6, 6.07) is 5.41. The summed E-state index contributed by atoms with van der Waals surface area (Å²) in [5, 5.41) is 2.65. The zero-order valence-corrected chi connectivity index (χ0v) is 11.2. The summed E-state index contributed by atoms with van der Waals surface area (Å²) in [5.74, 6) is -0.458. The van der Waals surface area contributed by atoms with Gasteiger partial charge in [-0.05, 0) is 50.9 Å². The molecule has 0 saturated heterocycles. The van der Waals surface area contributed by atoms with Gasteiger partial charge in [0.05, 0.1) is 16.6 Å². The molecule has 0 radical (unpaired) electrons. The number of Topliss-reactive ketones (excluding diaryl/α,β-unsaturated/α-hetero) is 1. The minimum atomic E-state index is -0.304. The van der Waals surface area contributed by atoms with E-state index in [-0.39, 0.29) is 18.1 Å². The lowest BCUT2D eigenvalue weighted by molar-refractivity contribution is -0.124. The number of hydrogen-bond donors (Lipinski definition) is 1. The summed E-state index contributed by atoms with van der Waals surface area (Å²) in [6.45, 7) is 1.38. The lowest BCUT2D eigenvalue weighted by atomic mass is 10.2. The van der Waals surface area contributed by atoms with E-state index in [0.717, 1.165) is 8.95 Å². The van der Waals surface area contributed by atoms with Crippen molar-refractivity contribution >= 4 is 49.2 Å². The molecule has 0 fully saturated rings. The van der Waals surface area contributed by atoms with Crippen molar-refractivity contribution in [3.8, 4) is 0 Å². The Morgan fingerprint density at radius 3 is 2.60 bits per heavy atom. The summed E-state index contributed by atoms with van der Waals surface area (Å²) in [7, 11) is 0. The molecular weight excluding hydrogens is 326 g/mol. The predicted molar refractivity (Wildman–Crippen MR) is 65.8 cm³/mol. The highest BCUT2D eigenvalue weighted by Gasteiger charge is 2.08. The van der Waals surface area contributed by atoms with Gasteiger partial charge in [-0.15, -0.1) is 0 Å². The number of carbonyl (C=O) groups excluding carboxylic acids is 2. The Bertz CT molecular complexity index is 404. The molecule has 0 aromatic heterocycles. The molecule has 0 atom stereocenters. The van der Waals surface area contributed by atoms with Crippen LogP contribution in [-0.4, -0.2) is 11.7 Å². The molecule has 0 aliphatic heterocycles. The first-order chi connectivity index (χ1) is 7.00. The minimum Gasteiger partial charge on any atom is -0.325 e. The zero-order chi connectivity index (χ0) is 11.4. The Morgan fingerprint density at radius 2 is 2.00 bits per heavy atom. The maximum Gasteiger partial charge on any atom is 0.231 e. The van der Waals surface area contributed by atoms with Crippen LogP contribution in [0.25, 0.3) is 0 Å². The first-order valence-electron chi connectivity index (χ1n) is 4.24. The molecule has 1 rings (SSSR count). The molecule has 80 valence electrons. The van der Waals surface area contributed by atoms with E-state index in [1.165, 1.54) is 6.92 Å². The van der Waals surface area contributed by atoms with Gasteiger partial charge in [0, 0.05) is 4.47 Å². The van der Waals surface area contributed by atoms with Gasteiger partial charge in [-0.1, -0.05) is 6.07 Å². The molecule has 1 aromatic carbocycles. The van der Waals surface area contributed by atoms with Crippen LogP contribution < -0.4 is 5.32 Å². The second-order valence-electron chi connectivity index (χ2n) is 3.03. The molecule has 1 amide bonds. The van der Waals surface area contributed by atoms with Gasteiger partial charge in [0.1, 0.15) is 5.78 Å². The fourth-order valence-corrected chi connectivity index (χ4v) is 1.75. The molecular formula is C10H9Br2NO2. The molecule has 0 aliphatic rings. The maximum atomic E-state index is 11.3. The summed E-state index contributed by atoms with van der Waals surface area (Å²) >= 11 is 6.65. The molecule has 3 nitrogen and oxygen atoms in total. The number of hydrogen-bond acceptors (Lipinski definition) is 2. The smallest absolute Gasteiger partial charge is 0.231 e. The Labute approximate surface area is 104 Å². The van der Waals surface area contributed by atoms with E-state index in [4.69, 9.17) is 0 Å². The van der Waals surface area contributed by atoms with Crippen LogP contribution in [-0.2, 0) is 9.59 Å². The van der Waals surface area contributed by atoms with Crippen molar-refractivity contribution in [1.29, 1.82) is 0 Å². The molecule has 0 aliphatic carbocycles. The second kappa shape index (κ2) is 5.42. The minimum absolute atomic E-state index is 0.0983. The highest BCUT2D eigenvalue weighted by Crippen LogP contribution is 2.30. The van der Waals surface area contributed by atoms with Crippen molar-refractivity contribution in [2.24, 2.45) is 0 Å². The highest BCUT2D eigenvalue weighted by molar-refractivity contribution is 9.13. The van der Waals surface area contributed by atoms with E-state index < -0.39 is 0 Å². The number of benzene rings is 1. The van der Waals surface area contributed by atoms with Crippen LogP contribution in [0, 0.1) is 0 Å². The van der Waals surface area contributed by atoms with Gasteiger partial charge >= 0.3 is 0 Å². The van der Waals surface area contributed by atoms with Crippen molar-refractivity contribution in [2.45, 2.75) is 13.3 Å². The van der Waals surface area contributed by atoms with E-state index in [9.17, 15) is 9.59 Å². The number of anilines is 1. The van der Waals surface area contributed by atoms with Crippen molar-refractivity contribution in [3.63, 3.8) is 0 Å². The van der Waals surface area contributed by atoms with E-state index >= 15 is 0 Å². The van der Waals surface area contributed by atoms with Crippen molar-refractivity contribution < 1.29 is 9.59 Å². The first-order valence-corrected chi connectivity index (χ1v) is 5.82. The van der Waals surface area contributed by atoms with Crippen LogP contribution >= 0.6 is 31.9 Å². The number of nitrogens with one attached hydrogen (secondary N) is 1. The molecule has 0 bridgehead atoms. The number of ketones is 1. The van der Waals surface area contributed by atoms with Crippen LogP contribution in [0.3, 0.4) is 0 Å². The van der Waals surface area contributed by atoms with E-state index in [1.807, 2.05) is 6.07 Å². The number of rotatable bonds is 3. The standard InChI is InChI=1S/C10H9Br2NO2/c1-6(14)5-9(15)13-8-4-2-3-7(11)10(8)12/h2-4H,5H2,1H3,(H,13,15). The second-order valence-corrected chi connectivity index (χ2v) is 4.68. The molecule has 15 heavy (non-hydrogen) atoms. The van der Waals surface area contributed by atoms with Crippen molar-refractivity contribution in [1.82, 2.24) is 0 Å². The SMILES string of the molecule is CC(=O)CC(=O)Nc1cccc(Br)c1Br. The van der Waals surface area contributed by atoms with Crippen LogP contribution in [0.15, 0.2) is 27.1 Å². The van der Waals surface area contributed by atoms with Gasteiger partial charge in [-0.25, -0.2) is 0 Å². The lowest BCUT2D eigenvalue weighted by Crippen LogP contribution is -2.15. The van der Waals surface area contributed by atoms with E-state index in [2.05, 4.69) is 37.2 Å². The summed E-state index contributed by atoms with van der Waals surface area (Å²) in [5.41, 5.74) is 0.649. The molecule has 1 N–H and O–H groups in total. The molecule has 0 unspecified atom stereocenters. The Balaban J connectivity index is 2.77. The van der Waals surface area contributed by atoms with Crippen LogP contribution in [0.2, 0.25) is 0 Å². The molecule has 0 saturated carbocycles. The van der Waals surface area contributed by atoms with Crippen LogP contribution in [0.5, 0.6) is 0 Å². The largest absolute Gasteiger partial charge is 0.325 e. The average molecular weight is 335 g/mol. The molecule has 0 heterocycles. The number of amides is 1. The lowest BCUT2D eigenvalue weighted by Gasteiger charge is -2.07. The topological polar surface area (TPSA) is 46.2 Å². The van der Waals surface area contributed by atoms with Crippen molar-refractivity contribution in [2.75, 3.05) is 5.32 Å². The Morgan fingerprint density at radius 1 is 1.33 bits per heavy atom. The first kappa shape index (κ1) is 12.4. The van der Waals surface area contributed by atoms with Gasteiger partial charge in [0.2, 0.25) is 5.91 Å². The Kier molecular flexibility index (Phi) is 4.47. The quantitative estimate of drug-likeness (QED) is 0.863. The van der Waals surface area contributed by atoms with Gasteiger partial charge in [0.15, 0.2) is 0 Å². The third-order valence-corrected chi connectivity index (χ3v) is 3.68. The van der Waals surface area contributed by atoms with Crippen LogP contribution in [0.4, 0.5) is 5.69 Å². The number of halogens is 2. The van der Waals surface area contributed by atoms with Gasteiger partial charge < -0.3 is 5.32 Å². The fraction of sp³-hybridized carbons (Fsp3) is 0.200. The highest BCUT2D eigenvalue weighted by atomic mass is 79.9. The fourth-order valence-electron chi connectivity index (χ4n) is 1.02. The Hall–Kier alpha value is -0.680. The van der Waals surface area contributed by atoms with E-state index in [0.29, 0.717) is 5.69 Å². The van der Waals surface area contributed by atoms with Crippen molar-refractivity contribution in [3.05, 3.63) is 27.1 Å². The third kappa shape index (κ3) is 3.76. The third-order valence-electron chi connectivity index (χ3n) is 1.64. The molecule has 1 aromatic rings. The van der Waals surface area contributed by atoms with Gasteiger partial charge in [-0.3, -0.25) is 9.59 Å². The predicted octanol–water partition coefficient (Wildman–Crippen LogP) is 3.13. The number of carbonyl (C=O) groups is 2. The summed E-state index contributed by atoms with van der Waals surface area (Å²) < 4.78 is 1.62. The van der Waals surface area contributed by atoms with Gasteiger partial charge in [-0.2, -0.15) is 0 Å². The summed E-state index contributed by atoms with van der Waals surface area (Å²) in [6.07, 6.45) is -0.0983.